The number of halogens is 1. The second-order valence-corrected chi connectivity index (χ2v) is 9.76. The molecule has 172 valence electrons. The molecule has 2 aliphatic heterocycles. The average molecular weight is 448 g/mol. The van der Waals surface area contributed by atoms with E-state index in [1.807, 2.05) is 36.4 Å². The van der Waals surface area contributed by atoms with Crippen LogP contribution in [0.4, 0.5) is 10.1 Å². The third-order valence-electron chi connectivity index (χ3n) is 7.43. The molecule has 2 aromatic carbocycles. The van der Waals surface area contributed by atoms with E-state index in [0.29, 0.717) is 28.7 Å². The molecule has 0 N–H and O–H groups in total. The minimum absolute atomic E-state index is 0.149. The number of likely N-dealkylation sites (tertiary alicyclic amines) is 1. The van der Waals surface area contributed by atoms with Crippen molar-refractivity contribution in [1.29, 1.82) is 0 Å². The van der Waals surface area contributed by atoms with Crippen molar-refractivity contribution in [1.82, 2.24) is 9.47 Å². The summed E-state index contributed by atoms with van der Waals surface area (Å²) < 4.78 is 22.5. The first-order valence-electron chi connectivity index (χ1n) is 12.2. The Hall–Kier alpha value is -2.86. The number of nitrogens with zero attached hydrogens (tertiary/aromatic N) is 3. The van der Waals surface area contributed by atoms with Gasteiger partial charge in [-0.3, -0.25) is 14.3 Å². The first kappa shape index (κ1) is 20.7. The summed E-state index contributed by atoms with van der Waals surface area (Å²) in [6, 6.07) is 13.1. The van der Waals surface area contributed by atoms with Crippen molar-refractivity contribution >= 4 is 16.5 Å². The first-order chi connectivity index (χ1) is 16.2. The molecule has 6 heteroatoms. The summed E-state index contributed by atoms with van der Waals surface area (Å²) in [4.78, 5) is 17.8. The number of fused-ring (bicyclic) bond motifs is 1. The second kappa shape index (κ2) is 8.49. The summed E-state index contributed by atoms with van der Waals surface area (Å²) in [5.41, 5.74) is 1.03. The Kier molecular flexibility index (Phi) is 5.33. The van der Waals surface area contributed by atoms with Crippen molar-refractivity contribution in [2.24, 2.45) is 5.92 Å². The molecule has 0 spiro atoms. The van der Waals surface area contributed by atoms with Gasteiger partial charge in [0.1, 0.15) is 11.6 Å². The molecule has 3 heterocycles. The monoisotopic (exact) mass is 447 g/mol. The summed E-state index contributed by atoms with van der Waals surface area (Å²) in [7, 11) is 0. The third kappa shape index (κ3) is 4.12. The molecule has 3 aromatic rings. The van der Waals surface area contributed by atoms with E-state index in [1.165, 1.54) is 49.4 Å². The highest BCUT2D eigenvalue weighted by Gasteiger charge is 2.30. The van der Waals surface area contributed by atoms with E-state index in [0.717, 1.165) is 37.3 Å². The maximum atomic E-state index is 15.2. The lowest BCUT2D eigenvalue weighted by Gasteiger charge is -2.25. The lowest BCUT2D eigenvalue weighted by Crippen LogP contribution is -2.35. The number of anilines is 1. The highest BCUT2D eigenvalue weighted by molar-refractivity contribution is 5.83. The zero-order valence-corrected chi connectivity index (χ0v) is 18.9. The number of hydrogen-bond donors (Lipinski definition) is 0. The molecular weight excluding hydrogens is 417 g/mol. The molecule has 5 nitrogen and oxygen atoms in total. The van der Waals surface area contributed by atoms with E-state index in [4.69, 9.17) is 4.74 Å². The van der Waals surface area contributed by atoms with Gasteiger partial charge in [0.05, 0.1) is 18.0 Å². The van der Waals surface area contributed by atoms with Gasteiger partial charge >= 0.3 is 0 Å². The summed E-state index contributed by atoms with van der Waals surface area (Å²) in [6.45, 7) is 4.82. The summed E-state index contributed by atoms with van der Waals surface area (Å²) >= 11 is 0. The summed E-state index contributed by atoms with van der Waals surface area (Å²) in [6.07, 6.45) is 7.83. The Morgan fingerprint density at radius 3 is 2.61 bits per heavy atom. The van der Waals surface area contributed by atoms with Crippen LogP contribution in [-0.4, -0.2) is 48.3 Å². The fraction of sp³-hybridized carbons (Fsp3) is 0.444. The molecule has 1 saturated carbocycles. The molecule has 1 atom stereocenters. The van der Waals surface area contributed by atoms with Gasteiger partial charge in [-0.1, -0.05) is 0 Å². The molecule has 0 amide bonds. The molecule has 0 bridgehead atoms. The minimum atomic E-state index is -0.273. The van der Waals surface area contributed by atoms with Crippen LogP contribution in [-0.2, 0) is 0 Å². The molecule has 33 heavy (non-hydrogen) atoms. The number of ether oxygens (including phenoxy) is 1. The van der Waals surface area contributed by atoms with Crippen molar-refractivity contribution in [2.75, 3.05) is 37.7 Å². The fourth-order valence-electron chi connectivity index (χ4n) is 5.28. The zero-order chi connectivity index (χ0) is 22.4. The van der Waals surface area contributed by atoms with Crippen molar-refractivity contribution in [3.8, 4) is 11.4 Å². The highest BCUT2D eigenvalue weighted by Crippen LogP contribution is 2.31. The van der Waals surface area contributed by atoms with Crippen molar-refractivity contribution in [3.63, 3.8) is 0 Å². The van der Waals surface area contributed by atoms with Gasteiger partial charge in [0.15, 0.2) is 0 Å². The summed E-state index contributed by atoms with van der Waals surface area (Å²) in [5.74, 6) is 1.20. The number of aromatic nitrogens is 1. The van der Waals surface area contributed by atoms with Crippen LogP contribution in [0, 0.1) is 11.7 Å². The Balaban J connectivity index is 1.23. The van der Waals surface area contributed by atoms with Gasteiger partial charge in [-0.05, 0) is 92.9 Å². The maximum absolute atomic E-state index is 15.2. The fourth-order valence-corrected chi connectivity index (χ4v) is 5.28. The average Bonchev–Trinajstić information content (AvgIpc) is 3.27. The first-order valence-corrected chi connectivity index (χ1v) is 12.2. The van der Waals surface area contributed by atoms with Crippen LogP contribution in [0.2, 0.25) is 0 Å². The topological polar surface area (TPSA) is 37.7 Å². The molecule has 0 unspecified atom stereocenters. The van der Waals surface area contributed by atoms with E-state index in [2.05, 4.69) is 9.80 Å². The Morgan fingerprint density at radius 2 is 1.82 bits per heavy atom. The van der Waals surface area contributed by atoms with Crippen LogP contribution in [0.1, 0.15) is 32.1 Å². The predicted octanol–water partition coefficient (Wildman–Crippen LogP) is 4.59. The smallest absolute Gasteiger partial charge is 0.262 e. The normalized spacial score (nSPS) is 21.2. The number of benzene rings is 2. The molecule has 3 fully saturated rings. The van der Waals surface area contributed by atoms with Gasteiger partial charge in [0.2, 0.25) is 0 Å². The van der Waals surface area contributed by atoms with E-state index in [1.54, 1.807) is 6.20 Å². The lowest BCUT2D eigenvalue weighted by molar-refractivity contribution is 0.260. The maximum Gasteiger partial charge on any atom is 0.262 e. The van der Waals surface area contributed by atoms with Gasteiger partial charge in [0.25, 0.3) is 5.56 Å². The van der Waals surface area contributed by atoms with Crippen molar-refractivity contribution < 1.29 is 9.13 Å². The SMILES string of the molecule is O=c1c2ccc(OCC3CC3)cc2ccn1-c1ccc(N2CC[C@@H](N3CCCC3)C2)c(F)c1. The standard InChI is InChI=1S/C27H30FN3O2/c28-25-16-21(5-8-26(25)30-13-10-22(17-30)29-11-1-2-12-29)31-14-9-20-15-23(33-18-19-3-4-19)6-7-24(20)27(31)32/h5-9,14-16,19,22H,1-4,10-13,17-18H2/t22-/m1/s1. The molecule has 6 rings (SSSR count). The lowest BCUT2D eigenvalue weighted by atomic mass is 10.1. The molecule has 1 aromatic heterocycles. The Labute approximate surface area is 193 Å². The quantitative estimate of drug-likeness (QED) is 0.554. The van der Waals surface area contributed by atoms with Crippen molar-refractivity contribution in [3.05, 3.63) is 64.8 Å². The van der Waals surface area contributed by atoms with Gasteiger partial charge < -0.3 is 9.64 Å². The van der Waals surface area contributed by atoms with Crippen LogP contribution in [0.3, 0.4) is 0 Å². The number of hydrogen-bond acceptors (Lipinski definition) is 4. The van der Waals surface area contributed by atoms with E-state index in [-0.39, 0.29) is 11.4 Å². The van der Waals surface area contributed by atoms with Crippen molar-refractivity contribution in [2.45, 2.75) is 38.1 Å². The molecule has 1 aliphatic carbocycles. The summed E-state index contributed by atoms with van der Waals surface area (Å²) in [5, 5.41) is 1.44. The van der Waals surface area contributed by atoms with Crippen LogP contribution >= 0.6 is 0 Å². The number of rotatable bonds is 6. The van der Waals surface area contributed by atoms with E-state index in [9.17, 15) is 4.79 Å². The Bertz CT molecular complexity index is 1230. The van der Waals surface area contributed by atoms with Crippen LogP contribution in [0.25, 0.3) is 16.5 Å². The largest absolute Gasteiger partial charge is 0.493 e. The van der Waals surface area contributed by atoms with Gasteiger partial charge in [-0.15, -0.1) is 0 Å². The third-order valence-corrected chi connectivity index (χ3v) is 7.43. The van der Waals surface area contributed by atoms with Crippen LogP contribution in [0.15, 0.2) is 53.5 Å². The molecule has 2 saturated heterocycles. The predicted molar refractivity (Wildman–Crippen MR) is 129 cm³/mol. The van der Waals surface area contributed by atoms with E-state index < -0.39 is 0 Å². The molecular formula is C27H30FN3O2. The van der Waals surface area contributed by atoms with Gasteiger partial charge in [-0.2, -0.15) is 0 Å². The zero-order valence-electron chi connectivity index (χ0n) is 18.9. The second-order valence-electron chi connectivity index (χ2n) is 9.76. The highest BCUT2D eigenvalue weighted by atomic mass is 19.1. The Morgan fingerprint density at radius 1 is 0.970 bits per heavy atom. The number of pyridine rings is 1. The molecule has 0 radical (unpaired) electrons. The molecule has 3 aliphatic rings. The van der Waals surface area contributed by atoms with E-state index >= 15 is 4.39 Å². The van der Waals surface area contributed by atoms with Gasteiger partial charge in [-0.25, -0.2) is 4.39 Å². The van der Waals surface area contributed by atoms with Gasteiger partial charge in [0, 0.05) is 36.8 Å². The minimum Gasteiger partial charge on any atom is -0.493 e. The van der Waals surface area contributed by atoms with Crippen LogP contribution in [0.5, 0.6) is 5.75 Å². The van der Waals surface area contributed by atoms with Crippen LogP contribution < -0.4 is 15.2 Å².